The molecule has 2 aromatic rings. The van der Waals surface area contributed by atoms with E-state index in [0.717, 1.165) is 0 Å². The maximum atomic E-state index is 12.2. The first kappa shape index (κ1) is 19.7. The van der Waals surface area contributed by atoms with Gasteiger partial charge in [-0.25, -0.2) is 0 Å². The average molecular weight is 373 g/mol. The molecule has 0 radical (unpaired) electrons. The van der Waals surface area contributed by atoms with E-state index >= 15 is 0 Å². The van der Waals surface area contributed by atoms with Crippen LogP contribution >= 0.6 is 0 Å². The molecule has 0 saturated carbocycles. The van der Waals surface area contributed by atoms with E-state index in [2.05, 4.69) is 5.32 Å². The monoisotopic (exact) mass is 373 g/mol. The minimum Gasteiger partial charge on any atom is -0.550 e. The Kier molecular flexibility index (Phi) is 6.70. The lowest BCUT2D eigenvalue weighted by Crippen LogP contribution is -2.36. The molecule has 0 aliphatic heterocycles. The standard InChI is InChI=1S/C18H18N2O7/c1-26-15-7-2-3-8-16(15)27-11-17(21)19-14(10-18(22)23)12-5-4-6-13(9-12)20(24)25/h2-9,14H,10-11H2,1H3,(H,19,21)(H,22,23)/p-1/t14-/m0/s1. The number of carboxylic acid groups (broad SMARTS) is 1. The van der Waals surface area contributed by atoms with Crippen molar-refractivity contribution in [2.45, 2.75) is 12.5 Å². The summed E-state index contributed by atoms with van der Waals surface area (Å²) in [6.07, 6.45) is -0.540. The molecule has 142 valence electrons. The first-order valence-electron chi connectivity index (χ1n) is 7.90. The molecule has 0 bridgehead atoms. The van der Waals surface area contributed by atoms with Gasteiger partial charge in [0.25, 0.3) is 11.6 Å². The lowest BCUT2D eigenvalue weighted by molar-refractivity contribution is -0.385. The lowest BCUT2D eigenvalue weighted by atomic mass is 10.0. The van der Waals surface area contributed by atoms with E-state index in [1.807, 2.05) is 0 Å². The largest absolute Gasteiger partial charge is 0.550 e. The van der Waals surface area contributed by atoms with Crippen LogP contribution in [0.4, 0.5) is 5.69 Å². The van der Waals surface area contributed by atoms with E-state index in [-0.39, 0.29) is 11.3 Å². The molecule has 0 saturated heterocycles. The zero-order valence-electron chi connectivity index (χ0n) is 14.4. The summed E-state index contributed by atoms with van der Waals surface area (Å²) in [7, 11) is 1.46. The fourth-order valence-corrected chi connectivity index (χ4v) is 2.39. The molecule has 0 aliphatic rings. The molecular weight excluding hydrogens is 356 g/mol. The molecule has 1 N–H and O–H groups in total. The van der Waals surface area contributed by atoms with E-state index in [4.69, 9.17) is 9.47 Å². The number of benzene rings is 2. The fraction of sp³-hybridized carbons (Fsp3) is 0.222. The first-order valence-corrected chi connectivity index (χ1v) is 7.90. The van der Waals surface area contributed by atoms with Gasteiger partial charge in [0.15, 0.2) is 18.1 Å². The number of carbonyl (C=O) groups excluding carboxylic acids is 2. The third kappa shape index (κ3) is 5.70. The SMILES string of the molecule is COc1ccccc1OCC(=O)N[C@@H](CC(=O)[O-])c1cccc([N+](=O)[O-])c1. The maximum Gasteiger partial charge on any atom is 0.269 e. The van der Waals surface area contributed by atoms with Crippen LogP contribution < -0.4 is 19.9 Å². The number of non-ortho nitro benzene ring substituents is 1. The summed E-state index contributed by atoms with van der Waals surface area (Å²) < 4.78 is 10.5. The van der Waals surface area contributed by atoms with E-state index in [1.54, 1.807) is 24.3 Å². The van der Waals surface area contributed by atoms with Crippen molar-refractivity contribution < 1.29 is 29.1 Å². The number of carboxylic acids is 1. The molecule has 1 atom stereocenters. The minimum atomic E-state index is -1.41. The zero-order valence-corrected chi connectivity index (χ0v) is 14.4. The predicted octanol–water partition coefficient (Wildman–Crippen LogP) is 0.980. The van der Waals surface area contributed by atoms with Gasteiger partial charge < -0.3 is 24.7 Å². The Labute approximate surface area is 154 Å². The van der Waals surface area contributed by atoms with Crippen molar-refractivity contribution >= 4 is 17.6 Å². The van der Waals surface area contributed by atoms with Crippen LogP contribution in [-0.4, -0.2) is 30.5 Å². The Morgan fingerprint density at radius 1 is 1.15 bits per heavy atom. The number of ether oxygens (including phenoxy) is 2. The smallest absolute Gasteiger partial charge is 0.269 e. The maximum absolute atomic E-state index is 12.2. The van der Waals surface area contributed by atoms with Gasteiger partial charge in [-0.2, -0.15) is 0 Å². The highest BCUT2D eigenvalue weighted by atomic mass is 16.6. The Morgan fingerprint density at radius 2 is 1.85 bits per heavy atom. The van der Waals surface area contributed by atoms with Crippen molar-refractivity contribution in [1.29, 1.82) is 0 Å². The Hall–Kier alpha value is -3.62. The summed E-state index contributed by atoms with van der Waals surface area (Å²) >= 11 is 0. The number of nitrogens with one attached hydrogen (secondary N) is 1. The van der Waals surface area contributed by atoms with E-state index < -0.39 is 35.9 Å². The number of nitro benzene ring substituents is 1. The van der Waals surface area contributed by atoms with Crippen molar-refractivity contribution in [3.05, 3.63) is 64.2 Å². The summed E-state index contributed by atoms with van der Waals surface area (Å²) in [4.78, 5) is 33.5. The number of rotatable bonds is 9. The molecule has 0 aliphatic carbocycles. The van der Waals surface area contributed by atoms with Crippen molar-refractivity contribution in [2.75, 3.05) is 13.7 Å². The van der Waals surface area contributed by atoms with Crippen molar-refractivity contribution in [3.63, 3.8) is 0 Å². The molecule has 27 heavy (non-hydrogen) atoms. The zero-order chi connectivity index (χ0) is 19.8. The van der Waals surface area contributed by atoms with Crippen LogP contribution in [0.15, 0.2) is 48.5 Å². The van der Waals surface area contributed by atoms with Gasteiger partial charge in [0.05, 0.1) is 18.1 Å². The highest BCUT2D eigenvalue weighted by molar-refractivity contribution is 5.79. The lowest BCUT2D eigenvalue weighted by Gasteiger charge is -2.20. The molecular formula is C18H17N2O7-. The Balaban J connectivity index is 2.09. The molecule has 2 aromatic carbocycles. The molecule has 0 aromatic heterocycles. The summed E-state index contributed by atoms with van der Waals surface area (Å²) in [6.45, 7) is -0.390. The van der Waals surface area contributed by atoms with Gasteiger partial charge in [-0.05, 0) is 17.7 Å². The van der Waals surface area contributed by atoms with Crippen molar-refractivity contribution in [3.8, 4) is 11.5 Å². The van der Waals surface area contributed by atoms with Gasteiger partial charge >= 0.3 is 0 Å². The Morgan fingerprint density at radius 3 is 2.48 bits per heavy atom. The number of methoxy groups -OCH3 is 1. The number of carbonyl (C=O) groups is 2. The molecule has 0 unspecified atom stereocenters. The highest BCUT2D eigenvalue weighted by Gasteiger charge is 2.18. The van der Waals surface area contributed by atoms with E-state index in [9.17, 15) is 24.8 Å². The van der Waals surface area contributed by atoms with Crippen LogP contribution in [0, 0.1) is 10.1 Å². The molecule has 1 amide bonds. The van der Waals surface area contributed by atoms with Crippen LogP contribution in [0.1, 0.15) is 18.0 Å². The van der Waals surface area contributed by atoms with Gasteiger partial charge in [-0.15, -0.1) is 0 Å². The van der Waals surface area contributed by atoms with Gasteiger partial charge in [-0.3, -0.25) is 14.9 Å². The third-order valence-corrected chi connectivity index (χ3v) is 3.62. The second kappa shape index (κ2) is 9.18. The van der Waals surface area contributed by atoms with Crippen LogP contribution in [0.25, 0.3) is 0 Å². The second-order valence-electron chi connectivity index (χ2n) is 5.49. The predicted molar refractivity (Wildman–Crippen MR) is 92.1 cm³/mol. The summed E-state index contributed by atoms with van der Waals surface area (Å²) in [5, 5.41) is 24.4. The topological polar surface area (TPSA) is 131 Å². The van der Waals surface area contributed by atoms with Gasteiger partial charge in [0.2, 0.25) is 0 Å². The molecule has 0 spiro atoms. The number of aliphatic carboxylic acids is 1. The van der Waals surface area contributed by atoms with Crippen molar-refractivity contribution in [2.24, 2.45) is 0 Å². The van der Waals surface area contributed by atoms with Gasteiger partial charge in [0, 0.05) is 24.5 Å². The minimum absolute atomic E-state index is 0.213. The molecule has 9 nitrogen and oxygen atoms in total. The molecule has 0 fully saturated rings. The normalized spacial score (nSPS) is 11.3. The highest BCUT2D eigenvalue weighted by Crippen LogP contribution is 2.26. The summed E-state index contributed by atoms with van der Waals surface area (Å²) in [6, 6.07) is 11.1. The van der Waals surface area contributed by atoms with Crippen LogP contribution in [0.2, 0.25) is 0 Å². The van der Waals surface area contributed by atoms with Crippen LogP contribution in [0.3, 0.4) is 0 Å². The number of hydrogen-bond acceptors (Lipinski definition) is 7. The van der Waals surface area contributed by atoms with Crippen LogP contribution in [0.5, 0.6) is 11.5 Å². The molecule has 0 heterocycles. The number of amides is 1. The Bertz CT molecular complexity index is 838. The first-order chi connectivity index (χ1) is 12.9. The number of para-hydroxylation sites is 2. The second-order valence-corrected chi connectivity index (χ2v) is 5.49. The summed E-state index contributed by atoms with van der Waals surface area (Å²) in [5.41, 5.74) is 0.0643. The van der Waals surface area contributed by atoms with E-state index in [0.29, 0.717) is 11.5 Å². The van der Waals surface area contributed by atoms with Gasteiger partial charge in [-0.1, -0.05) is 24.3 Å². The molecule has 9 heteroatoms. The average Bonchev–Trinajstić information content (AvgIpc) is 2.65. The van der Waals surface area contributed by atoms with Crippen LogP contribution in [-0.2, 0) is 9.59 Å². The number of hydrogen-bond donors (Lipinski definition) is 1. The number of nitro groups is 1. The fourth-order valence-electron chi connectivity index (χ4n) is 2.39. The van der Waals surface area contributed by atoms with E-state index in [1.165, 1.54) is 31.4 Å². The summed E-state index contributed by atoms with van der Waals surface area (Å²) in [5.74, 6) is -1.21. The third-order valence-electron chi connectivity index (χ3n) is 3.62. The number of nitrogens with zero attached hydrogens (tertiary/aromatic N) is 1. The van der Waals surface area contributed by atoms with Crippen molar-refractivity contribution in [1.82, 2.24) is 5.32 Å². The molecule has 2 rings (SSSR count). The quantitative estimate of drug-likeness (QED) is 0.512. The van der Waals surface area contributed by atoms with Gasteiger partial charge in [0.1, 0.15) is 0 Å².